The van der Waals surface area contributed by atoms with Crippen LogP contribution in [0.25, 0.3) is 0 Å². The molecule has 0 aliphatic rings. The predicted molar refractivity (Wildman–Crippen MR) is 94.3 cm³/mol. The normalized spacial score (nSPS) is 10.3. The zero-order valence-corrected chi connectivity index (χ0v) is 13.9. The number of rotatable bonds is 8. The maximum absolute atomic E-state index is 12.0. The third-order valence-corrected chi connectivity index (χ3v) is 3.62. The van der Waals surface area contributed by atoms with Crippen molar-refractivity contribution in [2.45, 2.75) is 12.8 Å². The monoisotopic (exact) mass is 332 g/mol. The molecule has 0 spiro atoms. The van der Waals surface area contributed by atoms with Gasteiger partial charge in [0.1, 0.15) is 5.75 Å². The minimum absolute atomic E-state index is 0.120. The Morgan fingerprint density at radius 2 is 1.96 bits per heavy atom. The number of halogens is 1. The molecule has 2 N–H and O–H groups in total. The second-order valence-electron chi connectivity index (χ2n) is 5.16. The van der Waals surface area contributed by atoms with E-state index in [4.69, 9.17) is 16.3 Å². The van der Waals surface area contributed by atoms with Gasteiger partial charge in [-0.15, -0.1) is 0 Å². The first kappa shape index (κ1) is 17.3. The number of benzene rings is 2. The van der Waals surface area contributed by atoms with E-state index in [-0.39, 0.29) is 12.5 Å². The molecule has 4 nitrogen and oxygen atoms in total. The van der Waals surface area contributed by atoms with Gasteiger partial charge in [0.2, 0.25) is 5.91 Å². The first-order chi connectivity index (χ1) is 11.2. The third kappa shape index (κ3) is 5.93. The van der Waals surface area contributed by atoms with E-state index in [2.05, 4.69) is 22.8 Å². The number of carbonyl (C=O) groups is 1. The largest absolute Gasteiger partial charge is 0.495 e. The van der Waals surface area contributed by atoms with Gasteiger partial charge in [-0.05, 0) is 43.1 Å². The van der Waals surface area contributed by atoms with Crippen molar-refractivity contribution in [3.63, 3.8) is 0 Å². The van der Waals surface area contributed by atoms with E-state index < -0.39 is 0 Å². The Balaban J connectivity index is 1.70. The van der Waals surface area contributed by atoms with Crippen LogP contribution < -0.4 is 15.4 Å². The molecule has 0 aliphatic carbocycles. The number of nitrogens with one attached hydrogen (secondary N) is 2. The fraction of sp³-hybridized carbons (Fsp3) is 0.278. The summed E-state index contributed by atoms with van der Waals surface area (Å²) < 4.78 is 5.20. The summed E-state index contributed by atoms with van der Waals surface area (Å²) in [5.74, 6) is 0.470. The Labute approximate surface area is 141 Å². The average molecular weight is 333 g/mol. The van der Waals surface area contributed by atoms with E-state index in [9.17, 15) is 4.79 Å². The van der Waals surface area contributed by atoms with Crippen molar-refractivity contribution in [3.8, 4) is 5.75 Å². The number of carbonyl (C=O) groups excluding carboxylic acids is 1. The highest BCUT2D eigenvalue weighted by Crippen LogP contribution is 2.27. The third-order valence-electron chi connectivity index (χ3n) is 3.38. The molecule has 0 aliphatic heterocycles. The summed E-state index contributed by atoms with van der Waals surface area (Å²) in [6.45, 7) is 1.04. The number of hydrogen-bond donors (Lipinski definition) is 2. The summed E-state index contributed by atoms with van der Waals surface area (Å²) >= 11 is 5.94. The second-order valence-corrected chi connectivity index (χ2v) is 5.60. The SMILES string of the molecule is COc1ccc(Cl)cc1NC(=O)CNCCCc1ccccc1. The van der Waals surface area contributed by atoms with Crippen LogP contribution in [0.3, 0.4) is 0 Å². The van der Waals surface area contributed by atoms with Crippen LogP contribution in [0.1, 0.15) is 12.0 Å². The Bertz CT molecular complexity index is 632. The maximum atomic E-state index is 12.0. The van der Waals surface area contributed by atoms with Gasteiger partial charge in [-0.2, -0.15) is 0 Å². The highest BCUT2D eigenvalue weighted by atomic mass is 35.5. The van der Waals surface area contributed by atoms with Gasteiger partial charge < -0.3 is 15.4 Å². The Morgan fingerprint density at radius 1 is 1.17 bits per heavy atom. The predicted octanol–water partition coefficient (Wildman–Crippen LogP) is 3.51. The molecule has 0 atom stereocenters. The molecule has 2 aromatic rings. The van der Waals surface area contributed by atoms with Crippen LogP contribution in [0.15, 0.2) is 48.5 Å². The topological polar surface area (TPSA) is 50.4 Å². The first-order valence-corrected chi connectivity index (χ1v) is 7.95. The number of amides is 1. The van der Waals surface area contributed by atoms with Crippen molar-refractivity contribution < 1.29 is 9.53 Å². The van der Waals surface area contributed by atoms with Crippen LogP contribution in [-0.4, -0.2) is 26.1 Å². The maximum Gasteiger partial charge on any atom is 0.238 e. The van der Waals surface area contributed by atoms with E-state index in [0.717, 1.165) is 19.4 Å². The molecule has 0 aromatic heterocycles. The Kier molecular flexibility index (Phi) is 6.91. The zero-order valence-electron chi connectivity index (χ0n) is 13.1. The quantitative estimate of drug-likeness (QED) is 0.727. The van der Waals surface area contributed by atoms with Crippen molar-refractivity contribution in [1.82, 2.24) is 5.32 Å². The minimum atomic E-state index is -0.120. The molecule has 0 saturated carbocycles. The summed E-state index contributed by atoms with van der Waals surface area (Å²) in [7, 11) is 1.56. The van der Waals surface area contributed by atoms with E-state index in [0.29, 0.717) is 16.5 Å². The van der Waals surface area contributed by atoms with Crippen molar-refractivity contribution in [2.75, 3.05) is 25.5 Å². The van der Waals surface area contributed by atoms with Crippen molar-refractivity contribution in [1.29, 1.82) is 0 Å². The smallest absolute Gasteiger partial charge is 0.238 e. The molecule has 0 radical (unpaired) electrons. The van der Waals surface area contributed by atoms with Crippen LogP contribution in [0.5, 0.6) is 5.75 Å². The van der Waals surface area contributed by atoms with E-state index in [1.807, 2.05) is 18.2 Å². The molecule has 23 heavy (non-hydrogen) atoms. The van der Waals surface area contributed by atoms with Gasteiger partial charge in [0.25, 0.3) is 0 Å². The lowest BCUT2D eigenvalue weighted by molar-refractivity contribution is -0.115. The van der Waals surface area contributed by atoms with Crippen LogP contribution in [0.2, 0.25) is 5.02 Å². The van der Waals surface area contributed by atoms with Crippen LogP contribution in [0.4, 0.5) is 5.69 Å². The molecule has 0 heterocycles. The Morgan fingerprint density at radius 3 is 2.70 bits per heavy atom. The van der Waals surface area contributed by atoms with Gasteiger partial charge in [-0.1, -0.05) is 41.9 Å². The summed E-state index contributed by atoms with van der Waals surface area (Å²) in [5, 5.41) is 6.49. The van der Waals surface area contributed by atoms with Gasteiger partial charge >= 0.3 is 0 Å². The molecular weight excluding hydrogens is 312 g/mol. The van der Waals surface area contributed by atoms with Crippen molar-refractivity contribution >= 4 is 23.2 Å². The van der Waals surface area contributed by atoms with E-state index in [1.54, 1.807) is 25.3 Å². The first-order valence-electron chi connectivity index (χ1n) is 7.57. The van der Waals surface area contributed by atoms with Crippen molar-refractivity contribution in [3.05, 3.63) is 59.1 Å². The average Bonchev–Trinajstić information content (AvgIpc) is 2.56. The fourth-order valence-corrected chi connectivity index (χ4v) is 2.41. The number of methoxy groups -OCH3 is 1. The van der Waals surface area contributed by atoms with Gasteiger partial charge in [0.05, 0.1) is 19.3 Å². The number of anilines is 1. The minimum Gasteiger partial charge on any atom is -0.495 e. The molecule has 2 aromatic carbocycles. The highest BCUT2D eigenvalue weighted by molar-refractivity contribution is 6.31. The molecule has 0 unspecified atom stereocenters. The summed E-state index contributed by atoms with van der Waals surface area (Å²) in [6.07, 6.45) is 1.98. The number of hydrogen-bond acceptors (Lipinski definition) is 3. The number of aryl methyl sites for hydroxylation is 1. The fourth-order valence-electron chi connectivity index (χ4n) is 2.24. The molecule has 0 saturated heterocycles. The molecule has 0 fully saturated rings. The van der Waals surface area contributed by atoms with Gasteiger partial charge in [-0.3, -0.25) is 4.79 Å². The summed E-state index contributed by atoms with van der Waals surface area (Å²) in [4.78, 5) is 12.0. The van der Waals surface area contributed by atoms with Crippen molar-refractivity contribution in [2.24, 2.45) is 0 Å². The molecule has 122 valence electrons. The van der Waals surface area contributed by atoms with E-state index in [1.165, 1.54) is 5.56 Å². The van der Waals surface area contributed by atoms with Crippen LogP contribution in [-0.2, 0) is 11.2 Å². The lowest BCUT2D eigenvalue weighted by Gasteiger charge is -2.11. The molecule has 0 bridgehead atoms. The lowest BCUT2D eigenvalue weighted by atomic mass is 10.1. The molecule has 2 rings (SSSR count). The molecule has 1 amide bonds. The summed E-state index contributed by atoms with van der Waals surface area (Å²) in [5.41, 5.74) is 1.89. The highest BCUT2D eigenvalue weighted by Gasteiger charge is 2.07. The lowest BCUT2D eigenvalue weighted by Crippen LogP contribution is -2.29. The van der Waals surface area contributed by atoms with Crippen LogP contribution >= 0.6 is 11.6 Å². The van der Waals surface area contributed by atoms with Crippen LogP contribution in [0, 0.1) is 0 Å². The molecule has 5 heteroatoms. The summed E-state index contributed by atoms with van der Waals surface area (Å²) in [6, 6.07) is 15.4. The zero-order chi connectivity index (χ0) is 16.5. The van der Waals surface area contributed by atoms with Gasteiger partial charge in [-0.25, -0.2) is 0 Å². The van der Waals surface area contributed by atoms with E-state index >= 15 is 0 Å². The number of ether oxygens (including phenoxy) is 1. The van der Waals surface area contributed by atoms with Gasteiger partial charge in [0.15, 0.2) is 0 Å². The van der Waals surface area contributed by atoms with Gasteiger partial charge in [0, 0.05) is 5.02 Å². The molecular formula is C18H21ClN2O2. The second kappa shape index (κ2) is 9.18. The standard InChI is InChI=1S/C18H21ClN2O2/c1-23-17-10-9-15(19)12-16(17)21-18(22)13-20-11-5-8-14-6-3-2-4-7-14/h2-4,6-7,9-10,12,20H,5,8,11,13H2,1H3,(H,21,22). The Hall–Kier alpha value is -2.04.